The summed E-state index contributed by atoms with van der Waals surface area (Å²) in [4.78, 5) is 12.9. The lowest BCUT2D eigenvalue weighted by atomic mass is 10.1. The van der Waals surface area contributed by atoms with Gasteiger partial charge in [-0.25, -0.2) is 0 Å². The van der Waals surface area contributed by atoms with Crippen molar-refractivity contribution in [1.29, 1.82) is 0 Å². The summed E-state index contributed by atoms with van der Waals surface area (Å²) in [5, 5.41) is 12.0. The fourth-order valence-corrected chi connectivity index (χ4v) is 2.60. The number of carbonyl (C=O) groups is 1. The molecule has 2 aromatic rings. The molecule has 0 aliphatic heterocycles. The Morgan fingerprint density at radius 1 is 1.14 bits per heavy atom. The van der Waals surface area contributed by atoms with E-state index in [1.165, 1.54) is 17.3 Å². The van der Waals surface area contributed by atoms with Gasteiger partial charge in [0.25, 0.3) is 0 Å². The van der Waals surface area contributed by atoms with Gasteiger partial charge in [-0.1, -0.05) is 42.0 Å². The van der Waals surface area contributed by atoms with Crippen molar-refractivity contribution >= 4 is 17.7 Å². The van der Waals surface area contributed by atoms with Gasteiger partial charge in [0.15, 0.2) is 0 Å². The Balaban J connectivity index is 1.78. The lowest BCUT2D eigenvalue weighted by Crippen LogP contribution is -2.24. The molecule has 1 amide bonds. The number of aliphatic hydroxyl groups excluding tert-OH is 1. The van der Waals surface area contributed by atoms with Crippen molar-refractivity contribution in [1.82, 2.24) is 5.32 Å². The van der Waals surface area contributed by atoms with Crippen molar-refractivity contribution < 1.29 is 9.90 Å². The minimum absolute atomic E-state index is 0.00924. The number of carbonyl (C=O) groups excluding carboxylic acids is 1. The summed E-state index contributed by atoms with van der Waals surface area (Å²) in [6.07, 6.45) is 0. The molecule has 0 unspecified atom stereocenters. The summed E-state index contributed by atoms with van der Waals surface area (Å²) < 4.78 is 0. The Morgan fingerprint density at radius 2 is 1.86 bits per heavy atom. The molecule has 21 heavy (non-hydrogen) atoms. The van der Waals surface area contributed by atoms with Gasteiger partial charge in [0.05, 0.1) is 12.4 Å². The molecule has 0 spiro atoms. The van der Waals surface area contributed by atoms with E-state index in [2.05, 4.69) is 5.32 Å². The molecule has 0 aromatic heterocycles. The van der Waals surface area contributed by atoms with E-state index in [0.29, 0.717) is 12.3 Å². The Kier molecular flexibility index (Phi) is 5.84. The fraction of sp³-hybridized carbons (Fsp3) is 0.235. The summed E-state index contributed by atoms with van der Waals surface area (Å²) in [5.74, 6) is 0.415. The molecule has 2 aromatic carbocycles. The highest BCUT2D eigenvalue weighted by Gasteiger charge is 2.03. The van der Waals surface area contributed by atoms with Crippen molar-refractivity contribution in [3.63, 3.8) is 0 Å². The second-order valence-corrected chi connectivity index (χ2v) is 5.91. The summed E-state index contributed by atoms with van der Waals surface area (Å²) in [6, 6.07) is 15.7. The van der Waals surface area contributed by atoms with Crippen LogP contribution in [0.3, 0.4) is 0 Å². The van der Waals surface area contributed by atoms with Gasteiger partial charge in [-0.05, 0) is 30.2 Å². The number of amides is 1. The Labute approximate surface area is 129 Å². The molecule has 0 heterocycles. The maximum Gasteiger partial charge on any atom is 0.230 e. The molecule has 0 bridgehead atoms. The van der Waals surface area contributed by atoms with Crippen LogP contribution in [0.4, 0.5) is 0 Å². The predicted molar refractivity (Wildman–Crippen MR) is 86.1 cm³/mol. The summed E-state index contributed by atoms with van der Waals surface area (Å²) in [5.41, 5.74) is 3.07. The number of hydrogen-bond acceptors (Lipinski definition) is 3. The van der Waals surface area contributed by atoms with E-state index >= 15 is 0 Å². The van der Waals surface area contributed by atoms with Gasteiger partial charge >= 0.3 is 0 Å². The highest BCUT2D eigenvalue weighted by molar-refractivity contribution is 8.00. The third kappa shape index (κ3) is 5.25. The SMILES string of the molecule is Cc1ccc(SCC(=O)NCc2cccc(CO)c2)cc1. The number of nitrogens with one attached hydrogen (secondary N) is 1. The quantitative estimate of drug-likeness (QED) is 0.807. The standard InChI is InChI=1S/C17H19NO2S/c1-13-5-7-16(8-6-13)21-12-17(20)18-10-14-3-2-4-15(9-14)11-19/h2-9,19H,10-12H2,1H3,(H,18,20). The summed E-state index contributed by atoms with van der Waals surface area (Å²) in [6.45, 7) is 2.55. The molecular weight excluding hydrogens is 282 g/mol. The first kappa shape index (κ1) is 15.6. The normalized spacial score (nSPS) is 10.4. The molecule has 0 saturated carbocycles. The second kappa shape index (κ2) is 7.86. The highest BCUT2D eigenvalue weighted by atomic mass is 32.2. The van der Waals surface area contributed by atoms with Gasteiger partial charge in [0, 0.05) is 11.4 Å². The predicted octanol–water partition coefficient (Wildman–Crippen LogP) is 2.90. The minimum Gasteiger partial charge on any atom is -0.392 e. The van der Waals surface area contributed by atoms with E-state index in [0.717, 1.165) is 16.0 Å². The van der Waals surface area contributed by atoms with Gasteiger partial charge in [-0.2, -0.15) is 0 Å². The van der Waals surface area contributed by atoms with Gasteiger partial charge in [-0.3, -0.25) is 4.79 Å². The van der Waals surface area contributed by atoms with Gasteiger partial charge in [0.2, 0.25) is 5.91 Å². The largest absolute Gasteiger partial charge is 0.392 e. The fourth-order valence-electron chi connectivity index (χ4n) is 1.87. The van der Waals surface area contributed by atoms with Gasteiger partial charge in [0.1, 0.15) is 0 Å². The van der Waals surface area contributed by atoms with Crippen LogP contribution in [-0.2, 0) is 17.9 Å². The van der Waals surface area contributed by atoms with Gasteiger partial charge < -0.3 is 10.4 Å². The first-order valence-corrected chi connectivity index (χ1v) is 7.81. The van der Waals surface area contributed by atoms with Crippen molar-refractivity contribution in [2.45, 2.75) is 25.0 Å². The number of thioether (sulfide) groups is 1. The maximum atomic E-state index is 11.8. The molecule has 0 aliphatic rings. The smallest absolute Gasteiger partial charge is 0.230 e. The summed E-state index contributed by atoms with van der Waals surface area (Å²) in [7, 11) is 0. The van der Waals surface area contributed by atoms with Crippen LogP contribution in [0.1, 0.15) is 16.7 Å². The van der Waals surface area contributed by atoms with Gasteiger partial charge in [-0.15, -0.1) is 11.8 Å². The van der Waals surface area contributed by atoms with Crippen LogP contribution in [0.25, 0.3) is 0 Å². The number of hydrogen-bond donors (Lipinski definition) is 2. The molecule has 0 saturated heterocycles. The first-order chi connectivity index (χ1) is 10.2. The second-order valence-electron chi connectivity index (χ2n) is 4.86. The van der Waals surface area contributed by atoms with Crippen molar-refractivity contribution in [3.8, 4) is 0 Å². The minimum atomic E-state index is 0.00924. The average Bonchev–Trinajstić information content (AvgIpc) is 2.52. The zero-order valence-corrected chi connectivity index (χ0v) is 12.8. The molecule has 2 rings (SSSR count). The molecule has 2 N–H and O–H groups in total. The number of aliphatic hydroxyl groups is 1. The Bertz CT molecular complexity index is 596. The molecule has 0 radical (unpaired) electrons. The van der Waals surface area contributed by atoms with E-state index in [1.807, 2.05) is 55.5 Å². The molecule has 110 valence electrons. The van der Waals surface area contributed by atoms with Crippen LogP contribution >= 0.6 is 11.8 Å². The van der Waals surface area contributed by atoms with Crippen LogP contribution in [0, 0.1) is 6.92 Å². The average molecular weight is 301 g/mol. The van der Waals surface area contributed by atoms with Crippen LogP contribution in [-0.4, -0.2) is 16.8 Å². The number of rotatable bonds is 6. The molecule has 0 aliphatic carbocycles. The Morgan fingerprint density at radius 3 is 2.57 bits per heavy atom. The number of aryl methyl sites for hydroxylation is 1. The van der Waals surface area contributed by atoms with Crippen LogP contribution in [0.5, 0.6) is 0 Å². The third-order valence-electron chi connectivity index (χ3n) is 3.05. The van der Waals surface area contributed by atoms with Crippen LogP contribution in [0.15, 0.2) is 53.4 Å². The van der Waals surface area contributed by atoms with Crippen LogP contribution in [0.2, 0.25) is 0 Å². The molecule has 0 atom stereocenters. The highest BCUT2D eigenvalue weighted by Crippen LogP contribution is 2.17. The van der Waals surface area contributed by atoms with Crippen molar-refractivity contribution in [3.05, 3.63) is 65.2 Å². The van der Waals surface area contributed by atoms with E-state index in [1.54, 1.807) is 0 Å². The summed E-state index contributed by atoms with van der Waals surface area (Å²) >= 11 is 1.53. The van der Waals surface area contributed by atoms with E-state index in [-0.39, 0.29) is 12.5 Å². The topological polar surface area (TPSA) is 49.3 Å². The van der Waals surface area contributed by atoms with E-state index in [4.69, 9.17) is 5.11 Å². The lowest BCUT2D eigenvalue weighted by molar-refractivity contribution is -0.118. The van der Waals surface area contributed by atoms with E-state index < -0.39 is 0 Å². The first-order valence-electron chi connectivity index (χ1n) is 6.82. The lowest BCUT2D eigenvalue weighted by Gasteiger charge is -2.07. The molecule has 3 nitrogen and oxygen atoms in total. The molecular formula is C17H19NO2S. The van der Waals surface area contributed by atoms with Crippen molar-refractivity contribution in [2.75, 3.05) is 5.75 Å². The monoisotopic (exact) mass is 301 g/mol. The van der Waals surface area contributed by atoms with Crippen molar-refractivity contribution in [2.24, 2.45) is 0 Å². The molecule has 4 heteroatoms. The van der Waals surface area contributed by atoms with E-state index in [9.17, 15) is 4.79 Å². The zero-order chi connectivity index (χ0) is 15.1. The zero-order valence-electron chi connectivity index (χ0n) is 12.0. The number of benzene rings is 2. The maximum absolute atomic E-state index is 11.8. The molecule has 0 fully saturated rings. The third-order valence-corrected chi connectivity index (χ3v) is 4.07. The van der Waals surface area contributed by atoms with Crippen LogP contribution < -0.4 is 5.32 Å². The Hall–Kier alpha value is -1.78.